The normalized spacial score (nSPS) is 8.93. The van der Waals surface area contributed by atoms with Crippen LogP contribution in [0.3, 0.4) is 0 Å². The highest BCUT2D eigenvalue weighted by Crippen LogP contribution is 2.08. The molecule has 78 valence electrons. The van der Waals surface area contributed by atoms with Gasteiger partial charge in [-0.2, -0.15) is 0 Å². The average Bonchev–Trinajstić information content (AvgIpc) is 2.34. The van der Waals surface area contributed by atoms with E-state index in [1.165, 1.54) is 10.6 Å². The Morgan fingerprint density at radius 2 is 1.00 bits per heavy atom. The highest BCUT2D eigenvalue weighted by atomic mass is 31.1. The standard InChI is InChI=1S/C12H11P.CH4O/c1-3-7-11(8-4-1)13-12-9-5-2-6-10-12;1-2/h1-10,13H;2H,1H3. The highest BCUT2D eigenvalue weighted by molar-refractivity contribution is 7.55. The summed E-state index contributed by atoms with van der Waals surface area (Å²) < 4.78 is 0. The predicted octanol–water partition coefficient (Wildman–Crippen LogP) is 1.92. The van der Waals surface area contributed by atoms with Crippen molar-refractivity contribution in [3.8, 4) is 0 Å². The summed E-state index contributed by atoms with van der Waals surface area (Å²) in [5, 5.41) is 9.79. The van der Waals surface area contributed by atoms with Gasteiger partial charge in [-0.15, -0.1) is 0 Å². The van der Waals surface area contributed by atoms with Gasteiger partial charge in [0.1, 0.15) is 0 Å². The smallest absolute Gasteiger partial charge is 0.0319 e. The Kier molecular flexibility index (Phi) is 5.69. The van der Waals surface area contributed by atoms with Crippen molar-refractivity contribution in [1.29, 1.82) is 0 Å². The average molecular weight is 218 g/mol. The van der Waals surface area contributed by atoms with Crippen LogP contribution >= 0.6 is 8.58 Å². The highest BCUT2D eigenvalue weighted by Gasteiger charge is 1.92. The number of aliphatic hydroxyl groups is 1. The van der Waals surface area contributed by atoms with E-state index in [1.807, 2.05) is 0 Å². The lowest BCUT2D eigenvalue weighted by molar-refractivity contribution is 0.399. The minimum atomic E-state index is 0.777. The Morgan fingerprint density at radius 3 is 1.33 bits per heavy atom. The number of rotatable bonds is 2. The number of benzene rings is 2. The maximum Gasteiger partial charge on any atom is 0.0319 e. The number of hydrogen-bond acceptors (Lipinski definition) is 1. The third-order valence-corrected chi connectivity index (χ3v) is 3.08. The molecule has 0 aliphatic carbocycles. The zero-order chi connectivity index (χ0) is 10.9. The van der Waals surface area contributed by atoms with Crippen LogP contribution in [-0.2, 0) is 0 Å². The second-order valence-electron chi connectivity index (χ2n) is 2.86. The van der Waals surface area contributed by atoms with E-state index in [2.05, 4.69) is 60.7 Å². The molecule has 0 unspecified atom stereocenters. The summed E-state index contributed by atoms with van der Waals surface area (Å²) in [6.07, 6.45) is 0. The molecule has 0 aliphatic heterocycles. The molecule has 2 rings (SSSR count). The molecule has 2 heteroatoms. The van der Waals surface area contributed by atoms with E-state index in [4.69, 9.17) is 5.11 Å². The maximum atomic E-state index is 7.00. The molecule has 0 heterocycles. The Balaban J connectivity index is 0.000000531. The van der Waals surface area contributed by atoms with Gasteiger partial charge in [-0.1, -0.05) is 69.2 Å². The van der Waals surface area contributed by atoms with Crippen molar-refractivity contribution < 1.29 is 5.11 Å². The molecule has 0 radical (unpaired) electrons. The lowest BCUT2D eigenvalue weighted by Crippen LogP contribution is -2.01. The lowest BCUT2D eigenvalue weighted by Gasteiger charge is -2.00. The Morgan fingerprint density at radius 1 is 0.667 bits per heavy atom. The fourth-order valence-corrected chi connectivity index (χ4v) is 2.26. The first kappa shape index (κ1) is 11.9. The molecule has 0 atom stereocenters. The van der Waals surface area contributed by atoms with E-state index in [1.54, 1.807) is 0 Å². The maximum absolute atomic E-state index is 7.00. The molecule has 0 amide bonds. The molecule has 2 aromatic rings. The van der Waals surface area contributed by atoms with E-state index < -0.39 is 0 Å². The topological polar surface area (TPSA) is 20.2 Å². The molecule has 0 saturated carbocycles. The zero-order valence-corrected chi connectivity index (χ0v) is 9.72. The van der Waals surface area contributed by atoms with Gasteiger partial charge in [0.15, 0.2) is 0 Å². The molecular formula is C13H15OP. The lowest BCUT2D eigenvalue weighted by atomic mass is 10.4. The largest absolute Gasteiger partial charge is 0.400 e. The summed E-state index contributed by atoms with van der Waals surface area (Å²) in [6.45, 7) is 0. The minimum absolute atomic E-state index is 0.777. The summed E-state index contributed by atoms with van der Waals surface area (Å²) in [7, 11) is 1.78. The van der Waals surface area contributed by atoms with E-state index in [0.717, 1.165) is 15.7 Å². The predicted molar refractivity (Wildman–Crippen MR) is 68.6 cm³/mol. The number of hydrogen-bond donors (Lipinski definition) is 1. The summed E-state index contributed by atoms with van der Waals surface area (Å²) in [5.41, 5.74) is 0. The van der Waals surface area contributed by atoms with Gasteiger partial charge in [0.25, 0.3) is 0 Å². The second-order valence-corrected chi connectivity index (χ2v) is 4.26. The zero-order valence-electron chi connectivity index (χ0n) is 8.72. The van der Waals surface area contributed by atoms with Crippen molar-refractivity contribution in [2.75, 3.05) is 7.11 Å². The van der Waals surface area contributed by atoms with Crippen molar-refractivity contribution in [2.45, 2.75) is 0 Å². The molecule has 2 aromatic carbocycles. The van der Waals surface area contributed by atoms with Crippen LogP contribution in [0.15, 0.2) is 60.7 Å². The quantitative estimate of drug-likeness (QED) is 0.763. The van der Waals surface area contributed by atoms with Crippen molar-refractivity contribution in [3.63, 3.8) is 0 Å². The van der Waals surface area contributed by atoms with Crippen LogP contribution in [0.1, 0.15) is 0 Å². The molecule has 1 nitrogen and oxygen atoms in total. The van der Waals surface area contributed by atoms with E-state index >= 15 is 0 Å². The van der Waals surface area contributed by atoms with Crippen molar-refractivity contribution in [1.82, 2.24) is 0 Å². The van der Waals surface area contributed by atoms with Crippen LogP contribution in [-0.4, -0.2) is 12.2 Å². The monoisotopic (exact) mass is 218 g/mol. The summed E-state index contributed by atoms with van der Waals surface area (Å²) >= 11 is 0. The van der Waals surface area contributed by atoms with Crippen molar-refractivity contribution >= 4 is 19.2 Å². The van der Waals surface area contributed by atoms with E-state index in [9.17, 15) is 0 Å². The molecule has 0 aromatic heterocycles. The molecule has 1 N–H and O–H groups in total. The molecule has 0 saturated heterocycles. The fraction of sp³-hybridized carbons (Fsp3) is 0.0769. The van der Waals surface area contributed by atoms with Crippen LogP contribution < -0.4 is 10.6 Å². The Hall–Kier alpha value is -1.17. The van der Waals surface area contributed by atoms with Gasteiger partial charge < -0.3 is 5.11 Å². The molecule has 0 spiro atoms. The van der Waals surface area contributed by atoms with E-state index in [-0.39, 0.29) is 0 Å². The second kappa shape index (κ2) is 7.17. The molecular weight excluding hydrogens is 203 g/mol. The van der Waals surface area contributed by atoms with Crippen molar-refractivity contribution in [2.24, 2.45) is 0 Å². The summed E-state index contributed by atoms with van der Waals surface area (Å²) in [5.74, 6) is 0. The number of aliphatic hydroxyl groups excluding tert-OH is 1. The SMILES string of the molecule is CO.c1ccc(Pc2ccccc2)cc1. The third kappa shape index (κ3) is 4.24. The Labute approximate surface area is 92.6 Å². The van der Waals surface area contributed by atoms with Gasteiger partial charge in [0, 0.05) is 7.11 Å². The fourth-order valence-electron chi connectivity index (χ4n) is 1.21. The Bertz CT molecular complexity index is 321. The summed E-state index contributed by atoms with van der Waals surface area (Å²) in [4.78, 5) is 0. The van der Waals surface area contributed by atoms with Gasteiger partial charge in [0.2, 0.25) is 0 Å². The van der Waals surface area contributed by atoms with Crippen LogP contribution in [0.5, 0.6) is 0 Å². The molecule has 0 fully saturated rings. The van der Waals surface area contributed by atoms with Gasteiger partial charge in [-0.3, -0.25) is 0 Å². The first-order chi connectivity index (χ1) is 7.45. The van der Waals surface area contributed by atoms with Crippen LogP contribution in [0.4, 0.5) is 0 Å². The van der Waals surface area contributed by atoms with Crippen LogP contribution in [0.25, 0.3) is 0 Å². The molecule has 15 heavy (non-hydrogen) atoms. The van der Waals surface area contributed by atoms with Crippen LogP contribution in [0, 0.1) is 0 Å². The molecule has 0 bridgehead atoms. The van der Waals surface area contributed by atoms with E-state index in [0.29, 0.717) is 0 Å². The first-order valence-electron chi connectivity index (χ1n) is 4.77. The minimum Gasteiger partial charge on any atom is -0.400 e. The third-order valence-electron chi connectivity index (χ3n) is 1.84. The van der Waals surface area contributed by atoms with Gasteiger partial charge >= 0.3 is 0 Å². The van der Waals surface area contributed by atoms with Gasteiger partial charge in [-0.05, 0) is 10.6 Å². The summed E-state index contributed by atoms with van der Waals surface area (Å²) in [6, 6.07) is 21.2. The van der Waals surface area contributed by atoms with Gasteiger partial charge in [0.05, 0.1) is 0 Å². The van der Waals surface area contributed by atoms with Crippen molar-refractivity contribution in [3.05, 3.63) is 60.7 Å². The van der Waals surface area contributed by atoms with Gasteiger partial charge in [-0.25, -0.2) is 0 Å². The molecule has 0 aliphatic rings. The first-order valence-corrected chi connectivity index (χ1v) is 5.77. The van der Waals surface area contributed by atoms with Crippen LogP contribution in [0.2, 0.25) is 0 Å².